The Morgan fingerprint density at radius 2 is 0.294 bits per heavy atom. The molecule has 0 unspecified atom stereocenters. The molecular formula is C66H90O24P6S6. The molecule has 102 heavy (non-hydrogen) atoms. The minimum atomic E-state index is -3.95. The number of rotatable bonds is 36. The van der Waals surface area contributed by atoms with Gasteiger partial charge in [-0.15, -0.1) is 68.0 Å². The Balaban J connectivity index is 1.88. The topological polar surface area (TPSA) is 335 Å². The Morgan fingerprint density at radius 3 is 0.373 bits per heavy atom. The zero-order valence-corrected chi connectivity index (χ0v) is 69.1. The molecule has 12 bridgehead atoms. The van der Waals surface area contributed by atoms with Gasteiger partial charge in [0.05, 0.1) is 173 Å². The van der Waals surface area contributed by atoms with Gasteiger partial charge in [0.1, 0.15) is 34.5 Å². The highest BCUT2D eigenvalue weighted by atomic mass is 32.1. The third kappa shape index (κ3) is 23.2. The molecule has 0 atom stereocenters. The van der Waals surface area contributed by atoms with Gasteiger partial charge in [-0.05, 0) is 189 Å². The Hall–Kier alpha value is -3.66. The van der Waals surface area contributed by atoms with E-state index in [0.717, 1.165) is 68.0 Å². The molecule has 0 saturated heterocycles. The van der Waals surface area contributed by atoms with Crippen LogP contribution in [0.5, 0.6) is 34.5 Å². The molecule has 24 nitrogen and oxygen atoms in total. The van der Waals surface area contributed by atoms with Crippen LogP contribution in [0.2, 0.25) is 0 Å². The number of fused-ring (bicyclic) bond motifs is 12. The van der Waals surface area contributed by atoms with Gasteiger partial charge in [0, 0.05) is 0 Å². The summed E-state index contributed by atoms with van der Waals surface area (Å²) < 4.78 is 157. The van der Waals surface area contributed by atoms with Crippen molar-refractivity contribution < 1.29 is 112 Å². The second kappa shape index (κ2) is 38.9. The van der Waals surface area contributed by atoms with Crippen molar-refractivity contribution in [2.45, 2.75) is 120 Å². The van der Waals surface area contributed by atoms with Crippen molar-refractivity contribution in [2.75, 3.05) is 79.3 Å². The summed E-state index contributed by atoms with van der Waals surface area (Å²) in [5, 5.41) is 76.9. The molecule has 7 aromatic rings. The monoisotopic (exact) mass is 1640 g/mol. The van der Waals surface area contributed by atoms with Gasteiger partial charge in [0.15, 0.2) is 0 Å². The quantitative estimate of drug-likeness (QED) is 0.0199. The van der Waals surface area contributed by atoms with E-state index in [-0.39, 0.29) is 173 Å². The van der Waals surface area contributed by atoms with Crippen LogP contribution >= 0.6 is 114 Å². The van der Waals surface area contributed by atoms with Crippen LogP contribution in [-0.4, -0.2) is 110 Å². The molecule has 36 heteroatoms. The van der Waals surface area contributed by atoms with Crippen molar-refractivity contribution >= 4 is 170 Å². The number of aromatic hydroxyl groups is 6. The fourth-order valence-corrected chi connectivity index (χ4v) is 27.3. The Morgan fingerprint density at radius 1 is 0.206 bits per heavy atom. The smallest absolute Gasteiger partial charge is 0.335 e. The van der Waals surface area contributed by atoms with Crippen molar-refractivity contribution in [1.82, 2.24) is 0 Å². The number of hydrogen-bond donors (Lipinski definition) is 6. The van der Waals surface area contributed by atoms with Gasteiger partial charge in [-0.25, -0.2) is 0 Å². The first-order valence-corrected chi connectivity index (χ1v) is 48.2. The molecule has 7 rings (SSSR count). The summed E-state index contributed by atoms with van der Waals surface area (Å²) in [4.78, 5) is 0. The molecule has 0 aliphatic heterocycles. The molecule has 0 fully saturated rings. The first-order chi connectivity index (χ1) is 48.5. The van der Waals surface area contributed by atoms with E-state index in [1.165, 1.54) is 72.8 Å². The molecule has 6 N–H and O–H groups in total. The maximum Gasteiger partial charge on any atom is 0.335 e. The van der Waals surface area contributed by atoms with Gasteiger partial charge in [0.2, 0.25) is 0 Å². The van der Waals surface area contributed by atoms with Crippen molar-refractivity contribution in [3.63, 3.8) is 0 Å². The summed E-state index contributed by atoms with van der Waals surface area (Å²) in [6.45, 7) is 19.8. The first-order valence-electron chi connectivity index (χ1n) is 33.0. The highest BCUT2D eigenvalue weighted by Crippen LogP contribution is 2.59. The minimum absolute atomic E-state index is 0.000303. The van der Waals surface area contributed by atoms with Crippen molar-refractivity contribution in [3.8, 4) is 34.5 Å². The van der Waals surface area contributed by atoms with E-state index in [0.29, 0.717) is 33.4 Å². The predicted octanol–water partition coefficient (Wildman–Crippen LogP) is 22.9. The van der Waals surface area contributed by atoms with Gasteiger partial charge in [-0.2, -0.15) is 0 Å². The van der Waals surface area contributed by atoms with E-state index in [1.807, 2.05) is 0 Å². The van der Waals surface area contributed by atoms with E-state index in [1.54, 1.807) is 83.1 Å². The van der Waals surface area contributed by atoms with Crippen LogP contribution in [0.3, 0.4) is 0 Å². The highest BCUT2D eigenvalue weighted by Gasteiger charge is 2.31. The van der Waals surface area contributed by atoms with E-state index in [4.69, 9.17) is 54.3 Å². The summed E-state index contributed by atoms with van der Waals surface area (Å²) in [7, 11) is -23.7. The lowest BCUT2D eigenvalue weighted by Crippen LogP contribution is -1.99. The summed E-state index contributed by atoms with van der Waals surface area (Å²) in [5.74, 6) is -2.50. The highest BCUT2D eigenvalue weighted by molar-refractivity contribution is 7.54. The number of benzene rings is 6. The molecule has 0 aliphatic carbocycles. The lowest BCUT2D eigenvalue weighted by molar-refractivity contribution is 0.218. The summed E-state index contributed by atoms with van der Waals surface area (Å²) in [6, 6.07) is 18.3. The van der Waals surface area contributed by atoms with E-state index >= 15 is 0 Å². The lowest BCUT2D eigenvalue weighted by atomic mass is 10.2. The van der Waals surface area contributed by atoms with Crippen molar-refractivity contribution in [2.24, 2.45) is 0 Å². The van der Waals surface area contributed by atoms with Gasteiger partial charge >= 0.3 is 45.6 Å². The number of phenolic OH excluding ortho intramolecular Hbond substituents is 6. The van der Waals surface area contributed by atoms with Crippen LogP contribution in [0, 0.1) is 0 Å². The first kappa shape index (κ1) is 85.6. The minimum Gasteiger partial charge on any atom is -0.505 e. The van der Waals surface area contributed by atoms with Gasteiger partial charge in [0.25, 0.3) is 0 Å². The standard InChI is InChI=1S/C66H90O24P6S6/c1-13-79-91(73,80-14-2)37-43-25-49-61(67)50(26-43)98-52-28-45(39-93(75,83-17-5)84-18-6)30-54(63(52)69)100-56-32-47(41-95(77,87-21-9)88-22-10)34-58(65(56)71)102-60-36-48(42-96(78,89-23-11)90-24-12)35-59(66(60)72)101-57-33-46(40-94(76,85-19-7)86-20-8)31-55(64(57)70)99-53-29-44(27-51(97-49)62(53)68)38-92(74,81-15-3)82-16-4/h25-36,67-72H,13-24,37-42H2,1-12H3. The summed E-state index contributed by atoms with van der Waals surface area (Å²) >= 11 is 5.05. The zero-order chi connectivity index (χ0) is 74.8. The lowest BCUT2D eigenvalue weighted by Gasteiger charge is -2.18. The predicted molar refractivity (Wildman–Crippen MR) is 415 cm³/mol. The fraction of sp³-hybridized carbons (Fsp3) is 0.455. The van der Waals surface area contributed by atoms with Crippen LogP contribution < -0.4 is 0 Å². The second-order valence-corrected chi connectivity index (χ2v) is 40.7. The maximum atomic E-state index is 14.6. The molecule has 0 saturated carbocycles. The van der Waals surface area contributed by atoms with E-state index < -0.39 is 80.1 Å². The zero-order valence-electron chi connectivity index (χ0n) is 58.8. The van der Waals surface area contributed by atoms with Crippen LogP contribution in [0.15, 0.2) is 72.8 Å². The SMILES string of the molecule is CCOP(=O)(Cc1cc2sc3cc(CP(=O)(OCC)OCC)cc(sc4cc(CP(=O)(OCC)OCC)cc(sc5cc(CP(=O)(OCC)OCC)cc(sc6cc(CP(=O)(OCC)OCC)cc(sc7cc(CP(=O)(OCC)OCC)cc(sc(c1)c2O)c7O)c6O)c5O)c4O)c3O)OCC. The van der Waals surface area contributed by atoms with Crippen molar-refractivity contribution in [1.29, 1.82) is 0 Å². The molecular weight excluding hydrogens is 1550 g/mol. The largest absolute Gasteiger partial charge is 0.505 e. The molecule has 0 radical (unpaired) electrons. The third-order valence-corrected chi connectivity index (χ3v) is 32.8. The normalized spacial score (nSPS) is 12.6. The van der Waals surface area contributed by atoms with Gasteiger partial charge in [-0.1, -0.05) is 0 Å². The Kier molecular flexibility index (Phi) is 32.7. The molecule has 564 valence electrons. The van der Waals surface area contributed by atoms with Gasteiger partial charge in [-0.3, -0.25) is 27.4 Å². The third-order valence-electron chi connectivity index (χ3n) is 14.1. The second-order valence-electron chi connectivity index (χ2n) is 21.9. The molecule has 0 spiro atoms. The Bertz CT molecular complexity index is 3750. The molecule has 1 aromatic heterocycles. The maximum absolute atomic E-state index is 14.6. The van der Waals surface area contributed by atoms with Crippen LogP contribution in [0.4, 0.5) is 0 Å². The molecule has 6 aromatic carbocycles. The summed E-state index contributed by atoms with van der Waals surface area (Å²) in [6.07, 6.45) is -2.06. The molecule has 1 heterocycles. The average molecular weight is 1650 g/mol. The van der Waals surface area contributed by atoms with Gasteiger partial charge < -0.3 is 84.9 Å². The van der Waals surface area contributed by atoms with Crippen LogP contribution in [0.1, 0.15) is 116 Å². The number of phenols is 6. The van der Waals surface area contributed by atoms with E-state index in [2.05, 4.69) is 0 Å². The number of hydrogen-bond acceptors (Lipinski definition) is 30. The fourth-order valence-electron chi connectivity index (χ4n) is 10.5. The van der Waals surface area contributed by atoms with Crippen LogP contribution in [0.25, 0.3) is 56.4 Å². The Labute approximate surface area is 617 Å². The van der Waals surface area contributed by atoms with E-state index in [9.17, 15) is 58.0 Å². The van der Waals surface area contributed by atoms with Crippen molar-refractivity contribution in [3.05, 3.63) is 106 Å². The van der Waals surface area contributed by atoms with Crippen LogP contribution in [-0.2, 0) is 119 Å². The molecule has 0 amide bonds. The summed E-state index contributed by atoms with van der Waals surface area (Å²) in [5.41, 5.74) is 1.76. The average Bonchev–Trinajstić information content (AvgIpc) is 0.785. The molecule has 0 aliphatic rings.